The molecule has 5 nitrogen and oxygen atoms in total. The zero-order valence-electron chi connectivity index (χ0n) is 67.2. The van der Waals surface area contributed by atoms with Gasteiger partial charge in [-0.3, -0.25) is 4.57 Å². The molecule has 0 N–H and O–H groups in total. The second-order valence-electron chi connectivity index (χ2n) is 32.4. The lowest BCUT2D eigenvalue weighted by atomic mass is 9.94. The van der Waals surface area contributed by atoms with Crippen LogP contribution < -0.4 is 0 Å². The van der Waals surface area contributed by atoms with Gasteiger partial charge in [-0.15, -0.1) is 22.7 Å². The van der Waals surface area contributed by atoms with Crippen molar-refractivity contribution in [1.82, 2.24) is 23.3 Å². The van der Waals surface area contributed by atoms with Gasteiger partial charge in [0, 0.05) is 106 Å². The van der Waals surface area contributed by atoms with E-state index in [4.69, 9.17) is 4.98 Å². The maximum absolute atomic E-state index is 5.12. The van der Waals surface area contributed by atoms with E-state index in [9.17, 15) is 0 Å². The Kier molecular flexibility index (Phi) is 16.7. The van der Waals surface area contributed by atoms with Crippen molar-refractivity contribution in [3.63, 3.8) is 0 Å². The van der Waals surface area contributed by atoms with Crippen molar-refractivity contribution in [2.45, 2.75) is 0 Å². The quantitative estimate of drug-likeness (QED) is 0.140. The first-order chi connectivity index (χ1) is 61.5. The fraction of sp³-hybridized carbons (Fsp3) is 0. The molecule has 27 aromatic rings. The van der Waals surface area contributed by atoms with Crippen LogP contribution in [0.2, 0.25) is 0 Å². The third-order valence-corrected chi connectivity index (χ3v) is 27.8. The van der Waals surface area contributed by atoms with Crippen molar-refractivity contribution in [3.05, 3.63) is 443 Å². The zero-order chi connectivity index (χ0) is 81.5. The monoisotopic (exact) mass is 1610 g/mol. The van der Waals surface area contributed by atoms with Crippen LogP contribution in [0.25, 0.3) is 238 Å². The summed E-state index contributed by atoms with van der Waals surface area (Å²) in [6.45, 7) is 0. The summed E-state index contributed by atoms with van der Waals surface area (Å²) in [4.78, 5) is 5.12. The molecule has 7 heteroatoms. The molecule has 578 valence electrons. The van der Waals surface area contributed by atoms with Gasteiger partial charge in [-0.05, 0) is 223 Å². The van der Waals surface area contributed by atoms with Crippen LogP contribution in [0.4, 0.5) is 0 Å². The number of benzene rings is 20. The molecule has 7 heterocycles. The van der Waals surface area contributed by atoms with E-state index in [2.05, 4.69) is 455 Å². The van der Waals surface area contributed by atoms with Gasteiger partial charge in [0.25, 0.3) is 0 Å². The van der Waals surface area contributed by atoms with E-state index in [1.165, 1.54) is 210 Å². The van der Waals surface area contributed by atoms with Gasteiger partial charge in [0.05, 0.1) is 55.5 Å². The summed E-state index contributed by atoms with van der Waals surface area (Å²) in [5.41, 5.74) is 22.7. The number of aromatic nitrogens is 5. The van der Waals surface area contributed by atoms with Crippen LogP contribution in [0.5, 0.6) is 0 Å². The van der Waals surface area contributed by atoms with Gasteiger partial charge in [-0.1, -0.05) is 291 Å². The SMILES string of the molecule is c1ccc(-c2cccc(-n3c4ccccc4c4cc(-c5ccc6c(c5)c5ccccc5n6-c5ccccc5)ccc43)n2)cc1.c1ccc2c(-n3c4ccccc4c4cc(-c5ccc6sc7ccccc7c6c5)ccc43)cccc2c1.c1ccc2c(c1)sc1ccc(-c3ccc4c(c3)c3ccccc3n4-c3ccc4c5ccccc5c5ccccc5c4c3)cc12. The van der Waals surface area contributed by atoms with Crippen molar-refractivity contribution in [2.75, 3.05) is 0 Å². The summed E-state index contributed by atoms with van der Waals surface area (Å²) in [5.74, 6) is 0.917. The van der Waals surface area contributed by atoms with Gasteiger partial charge in [0.15, 0.2) is 0 Å². The number of hydrogen-bond donors (Lipinski definition) is 0. The van der Waals surface area contributed by atoms with Crippen LogP contribution >= 0.6 is 22.7 Å². The Balaban J connectivity index is 0.000000103. The largest absolute Gasteiger partial charge is 0.309 e. The highest BCUT2D eigenvalue weighted by atomic mass is 32.1. The first-order valence-electron chi connectivity index (χ1n) is 42.4. The Bertz CT molecular complexity index is 8980. The molecule has 124 heavy (non-hydrogen) atoms. The number of fused-ring (bicyclic) bond motifs is 25. The van der Waals surface area contributed by atoms with Crippen LogP contribution in [-0.2, 0) is 0 Å². The molecule has 0 aliphatic rings. The summed E-state index contributed by atoms with van der Waals surface area (Å²) >= 11 is 3.74. The fourth-order valence-electron chi connectivity index (χ4n) is 19.8. The first kappa shape index (κ1) is 71.2. The molecular formula is C117H73N5S2. The second-order valence-corrected chi connectivity index (χ2v) is 34.5. The van der Waals surface area contributed by atoms with Crippen LogP contribution in [0.3, 0.4) is 0 Å². The number of hydrogen-bond acceptors (Lipinski definition) is 3. The molecule has 0 atom stereocenters. The van der Waals surface area contributed by atoms with Gasteiger partial charge in [0.1, 0.15) is 5.82 Å². The molecule has 0 radical (unpaired) electrons. The number of thiophene rings is 2. The van der Waals surface area contributed by atoms with Crippen molar-refractivity contribution >= 4 is 193 Å². The molecule has 0 fully saturated rings. The lowest BCUT2D eigenvalue weighted by Crippen LogP contribution is -1.98. The van der Waals surface area contributed by atoms with Crippen LogP contribution in [0, 0.1) is 0 Å². The van der Waals surface area contributed by atoms with Crippen molar-refractivity contribution in [2.24, 2.45) is 0 Å². The van der Waals surface area contributed by atoms with Crippen LogP contribution in [0.15, 0.2) is 443 Å². The number of nitrogens with zero attached hydrogens (tertiary/aromatic N) is 5. The zero-order valence-corrected chi connectivity index (χ0v) is 68.8. The van der Waals surface area contributed by atoms with Gasteiger partial charge in [-0.25, -0.2) is 4.98 Å². The Morgan fingerprint density at radius 2 is 0.492 bits per heavy atom. The van der Waals surface area contributed by atoms with Gasteiger partial charge in [-0.2, -0.15) is 0 Å². The fourth-order valence-corrected chi connectivity index (χ4v) is 22.0. The predicted octanol–water partition coefficient (Wildman–Crippen LogP) is 32.9. The van der Waals surface area contributed by atoms with Crippen molar-refractivity contribution < 1.29 is 0 Å². The van der Waals surface area contributed by atoms with Gasteiger partial charge < -0.3 is 13.7 Å². The minimum atomic E-state index is 0.917. The number of para-hydroxylation sites is 5. The average Bonchev–Trinajstić information content (AvgIpc) is 1.55. The summed E-state index contributed by atoms with van der Waals surface area (Å²) in [5, 5.41) is 25.7. The Hall–Kier alpha value is -15.8. The molecule has 0 saturated heterocycles. The molecule has 27 rings (SSSR count). The normalized spacial score (nSPS) is 11.9. The minimum absolute atomic E-state index is 0.917. The van der Waals surface area contributed by atoms with E-state index in [-0.39, 0.29) is 0 Å². The molecule has 0 aliphatic carbocycles. The lowest BCUT2D eigenvalue weighted by Gasteiger charge is -2.14. The predicted molar refractivity (Wildman–Crippen MR) is 532 cm³/mol. The molecular weight excluding hydrogens is 1540 g/mol. The molecule has 0 amide bonds. The summed E-state index contributed by atoms with van der Waals surface area (Å²) in [6, 6.07) is 161. The first-order valence-corrected chi connectivity index (χ1v) is 44.0. The molecule has 0 bridgehead atoms. The minimum Gasteiger partial charge on any atom is -0.309 e. The highest BCUT2D eigenvalue weighted by molar-refractivity contribution is 7.26. The van der Waals surface area contributed by atoms with Crippen molar-refractivity contribution in [1.29, 1.82) is 0 Å². The van der Waals surface area contributed by atoms with Crippen LogP contribution in [0.1, 0.15) is 0 Å². The maximum Gasteiger partial charge on any atom is 0.138 e. The van der Waals surface area contributed by atoms with Crippen LogP contribution in [-0.4, -0.2) is 23.3 Å². The molecule has 7 aromatic heterocycles. The smallest absolute Gasteiger partial charge is 0.138 e. The van der Waals surface area contributed by atoms with E-state index in [0.717, 1.165) is 28.1 Å². The number of rotatable bonds is 8. The average molecular weight is 1610 g/mol. The molecule has 20 aromatic carbocycles. The maximum atomic E-state index is 5.12. The topological polar surface area (TPSA) is 32.6 Å². The van der Waals surface area contributed by atoms with E-state index < -0.39 is 0 Å². The third kappa shape index (κ3) is 11.6. The third-order valence-electron chi connectivity index (χ3n) is 25.5. The van der Waals surface area contributed by atoms with Gasteiger partial charge in [0.2, 0.25) is 0 Å². The highest BCUT2D eigenvalue weighted by Crippen LogP contribution is 2.46. The standard InChI is InChI=1S/C42H25NS.C41H27N3.C34H21NS/c1-2-11-31-29(9-1)30-10-3-4-12-32(30)36-25-28(19-20-33(31)36)43-39-15-7-5-13-34(39)37-23-26(17-21-40(37)43)27-18-22-42-38(24-27)35-14-6-8-16-41(35)44-42;1-3-12-28(13-4-1)36-18-11-21-41(42-36)44-38-20-10-8-17-33(38)35-27-30(23-25-40(35)44)29-22-24-39-34(26-29)32-16-7-9-19-37(32)43(39)31-14-5-2-6-15-31;1-2-10-25-22(8-1)9-7-14-30(25)35-31-13-5-3-11-26(31)28-20-23(16-18-32(28)35)24-17-19-34-29(21-24)27-12-4-6-15-33(27)36-34/h1-25H;1-27H;1-21H. The Labute approximate surface area is 721 Å². The number of pyridine rings is 1. The summed E-state index contributed by atoms with van der Waals surface area (Å²) < 4.78 is 14.9. The molecule has 0 unspecified atom stereocenters. The highest BCUT2D eigenvalue weighted by Gasteiger charge is 2.22. The Morgan fingerprint density at radius 1 is 0.161 bits per heavy atom. The van der Waals surface area contributed by atoms with Gasteiger partial charge >= 0.3 is 0 Å². The summed E-state index contributed by atoms with van der Waals surface area (Å²) in [7, 11) is 0. The molecule has 0 saturated carbocycles. The van der Waals surface area contributed by atoms with E-state index in [1.54, 1.807) is 0 Å². The Morgan fingerprint density at radius 3 is 0.992 bits per heavy atom. The van der Waals surface area contributed by atoms with E-state index in [0.29, 0.717) is 0 Å². The molecule has 0 aliphatic heterocycles. The molecule has 0 spiro atoms. The second kappa shape index (κ2) is 29.0. The van der Waals surface area contributed by atoms with E-state index >= 15 is 0 Å². The lowest BCUT2D eigenvalue weighted by molar-refractivity contribution is 1.08. The van der Waals surface area contributed by atoms with Crippen molar-refractivity contribution in [3.8, 4) is 67.5 Å². The summed E-state index contributed by atoms with van der Waals surface area (Å²) in [6.07, 6.45) is 0. The van der Waals surface area contributed by atoms with E-state index in [1.807, 2.05) is 28.7 Å².